The molecule has 5 nitrogen and oxygen atoms in total. The lowest BCUT2D eigenvalue weighted by atomic mass is 10.0. The van der Waals surface area contributed by atoms with Crippen LogP contribution in [0.1, 0.15) is 37.4 Å². The van der Waals surface area contributed by atoms with Gasteiger partial charge in [-0.05, 0) is 32.8 Å². The summed E-state index contributed by atoms with van der Waals surface area (Å²) in [4.78, 5) is 26.1. The minimum atomic E-state index is -0.744. The van der Waals surface area contributed by atoms with Gasteiger partial charge in [0.2, 0.25) is 11.8 Å². The van der Waals surface area contributed by atoms with E-state index in [0.29, 0.717) is 13.0 Å². The number of carbonyl (C=O) groups excluding carboxylic acids is 2. The quantitative estimate of drug-likeness (QED) is 0.881. The summed E-state index contributed by atoms with van der Waals surface area (Å²) < 4.78 is 0. The van der Waals surface area contributed by atoms with Gasteiger partial charge in [0.05, 0.1) is 0 Å². The molecule has 2 atom stereocenters. The summed E-state index contributed by atoms with van der Waals surface area (Å²) in [6, 6.07) is 6.49. The third-order valence-corrected chi connectivity index (χ3v) is 3.90. The number of nitrogens with one attached hydrogen (secondary N) is 1. The lowest BCUT2D eigenvalue weighted by Gasteiger charge is -2.21. The number of carbonyl (C=O) groups is 2. The third kappa shape index (κ3) is 3.99. The predicted octanol–water partition coefficient (Wildman–Crippen LogP) is 1.54. The Morgan fingerprint density at radius 1 is 1.32 bits per heavy atom. The minimum Gasteiger partial charge on any atom is -0.343 e. The molecule has 1 aromatic rings. The van der Waals surface area contributed by atoms with E-state index in [-0.39, 0.29) is 30.3 Å². The summed E-state index contributed by atoms with van der Waals surface area (Å²) in [6.45, 7) is 6.61. The molecular formula is C16H24ClN3O2. The number of amides is 2. The molecule has 0 radical (unpaired) electrons. The smallest absolute Gasteiger partial charge is 0.245 e. The van der Waals surface area contributed by atoms with Crippen LogP contribution in [-0.2, 0) is 9.59 Å². The van der Waals surface area contributed by atoms with Crippen LogP contribution < -0.4 is 11.1 Å². The van der Waals surface area contributed by atoms with Crippen LogP contribution in [0.3, 0.4) is 0 Å². The molecule has 1 saturated heterocycles. The summed E-state index contributed by atoms with van der Waals surface area (Å²) in [5.74, 6) is -0.322. The minimum absolute atomic E-state index is 0. The number of likely N-dealkylation sites (tertiary alicyclic amines) is 1. The molecule has 1 aromatic carbocycles. The van der Waals surface area contributed by atoms with Gasteiger partial charge in [-0.2, -0.15) is 0 Å². The number of rotatable bonds is 4. The van der Waals surface area contributed by atoms with Crippen LogP contribution in [0.4, 0.5) is 0 Å². The fraction of sp³-hybridized carbons (Fsp3) is 0.500. The van der Waals surface area contributed by atoms with E-state index in [1.54, 1.807) is 4.90 Å². The number of benzene rings is 1. The van der Waals surface area contributed by atoms with Gasteiger partial charge in [0.1, 0.15) is 12.1 Å². The van der Waals surface area contributed by atoms with Crippen LogP contribution in [0.25, 0.3) is 0 Å². The molecule has 0 spiro atoms. The molecule has 2 amide bonds. The van der Waals surface area contributed by atoms with Gasteiger partial charge >= 0.3 is 0 Å². The van der Waals surface area contributed by atoms with Gasteiger partial charge in [-0.3, -0.25) is 9.59 Å². The van der Waals surface area contributed by atoms with Gasteiger partial charge in [-0.1, -0.05) is 29.8 Å². The summed E-state index contributed by atoms with van der Waals surface area (Å²) in [5.41, 5.74) is 7.84. The van der Waals surface area contributed by atoms with Crippen LogP contribution in [0.15, 0.2) is 24.3 Å². The summed E-state index contributed by atoms with van der Waals surface area (Å²) in [5, 5.41) is 2.77. The number of nitrogens with zero attached hydrogens (tertiary/aromatic N) is 1. The molecule has 3 N–H and O–H groups in total. The molecule has 2 rings (SSSR count). The maximum absolute atomic E-state index is 12.2. The van der Waals surface area contributed by atoms with Crippen molar-refractivity contribution in [3.05, 3.63) is 35.4 Å². The molecule has 0 bridgehead atoms. The van der Waals surface area contributed by atoms with E-state index < -0.39 is 12.1 Å². The molecule has 1 aliphatic heterocycles. The van der Waals surface area contributed by atoms with Crippen LogP contribution in [0.2, 0.25) is 0 Å². The van der Waals surface area contributed by atoms with Crippen molar-refractivity contribution in [2.75, 3.05) is 6.54 Å². The van der Waals surface area contributed by atoms with Crippen LogP contribution >= 0.6 is 12.4 Å². The summed E-state index contributed by atoms with van der Waals surface area (Å²) >= 11 is 0. The van der Waals surface area contributed by atoms with E-state index >= 15 is 0 Å². The average Bonchev–Trinajstić information content (AvgIpc) is 2.80. The van der Waals surface area contributed by atoms with E-state index in [2.05, 4.69) is 5.32 Å². The summed E-state index contributed by atoms with van der Waals surface area (Å²) in [6.07, 6.45) is 0.642. The van der Waals surface area contributed by atoms with Crippen molar-refractivity contribution in [3.63, 3.8) is 0 Å². The maximum Gasteiger partial charge on any atom is 0.245 e. The maximum atomic E-state index is 12.2. The van der Waals surface area contributed by atoms with E-state index in [0.717, 1.165) is 11.1 Å². The predicted molar refractivity (Wildman–Crippen MR) is 88.8 cm³/mol. The molecule has 0 aliphatic carbocycles. The third-order valence-electron chi connectivity index (χ3n) is 3.90. The highest BCUT2D eigenvalue weighted by molar-refractivity contribution is 5.91. The zero-order valence-corrected chi connectivity index (χ0v) is 14.0. The Kier molecular flexibility index (Phi) is 6.38. The Bertz CT molecular complexity index is 531. The SMILES string of the molecule is Cc1ccc(C(N)C(=O)NC2CCN(C(C)C)C2=O)cc1.Cl. The molecular weight excluding hydrogens is 302 g/mol. The first-order chi connectivity index (χ1) is 9.90. The Labute approximate surface area is 137 Å². The first-order valence-electron chi connectivity index (χ1n) is 7.33. The monoisotopic (exact) mass is 325 g/mol. The zero-order valence-electron chi connectivity index (χ0n) is 13.2. The Hall–Kier alpha value is -1.59. The number of hydrogen-bond donors (Lipinski definition) is 2. The van der Waals surface area contributed by atoms with Gasteiger partial charge < -0.3 is 16.0 Å². The van der Waals surface area contributed by atoms with E-state index in [1.165, 1.54) is 0 Å². The Morgan fingerprint density at radius 3 is 2.41 bits per heavy atom. The van der Waals surface area contributed by atoms with Gasteiger partial charge in [-0.25, -0.2) is 0 Å². The largest absolute Gasteiger partial charge is 0.343 e. The Balaban J connectivity index is 0.00000242. The lowest BCUT2D eigenvalue weighted by Crippen LogP contribution is -2.46. The van der Waals surface area contributed by atoms with E-state index in [4.69, 9.17) is 5.73 Å². The number of aryl methyl sites for hydroxylation is 1. The van der Waals surface area contributed by atoms with Gasteiger partial charge in [0.25, 0.3) is 0 Å². The molecule has 0 saturated carbocycles. The van der Waals surface area contributed by atoms with Crippen molar-refractivity contribution in [2.45, 2.75) is 45.3 Å². The second kappa shape index (κ2) is 7.61. The topological polar surface area (TPSA) is 75.4 Å². The average molecular weight is 326 g/mol. The van der Waals surface area contributed by atoms with Crippen LogP contribution in [-0.4, -0.2) is 35.3 Å². The van der Waals surface area contributed by atoms with Crippen molar-refractivity contribution >= 4 is 24.2 Å². The van der Waals surface area contributed by atoms with Crippen molar-refractivity contribution in [2.24, 2.45) is 5.73 Å². The van der Waals surface area contributed by atoms with E-state index in [9.17, 15) is 9.59 Å². The van der Waals surface area contributed by atoms with Crippen molar-refractivity contribution in [1.29, 1.82) is 0 Å². The normalized spacial score (nSPS) is 19.0. The highest BCUT2D eigenvalue weighted by Gasteiger charge is 2.34. The van der Waals surface area contributed by atoms with Gasteiger partial charge in [0, 0.05) is 12.6 Å². The Morgan fingerprint density at radius 2 is 1.91 bits per heavy atom. The van der Waals surface area contributed by atoms with Crippen molar-refractivity contribution in [1.82, 2.24) is 10.2 Å². The molecule has 0 aromatic heterocycles. The van der Waals surface area contributed by atoms with Gasteiger partial charge in [0.15, 0.2) is 0 Å². The number of hydrogen-bond acceptors (Lipinski definition) is 3. The molecule has 1 aliphatic rings. The van der Waals surface area contributed by atoms with Crippen LogP contribution in [0.5, 0.6) is 0 Å². The highest BCUT2D eigenvalue weighted by Crippen LogP contribution is 2.16. The molecule has 122 valence electrons. The fourth-order valence-corrected chi connectivity index (χ4v) is 2.54. The first kappa shape index (κ1) is 18.5. The molecule has 6 heteroatoms. The first-order valence-corrected chi connectivity index (χ1v) is 7.33. The second-order valence-corrected chi connectivity index (χ2v) is 5.86. The molecule has 2 unspecified atom stereocenters. The van der Waals surface area contributed by atoms with E-state index in [1.807, 2.05) is 45.0 Å². The molecule has 1 heterocycles. The summed E-state index contributed by atoms with van der Waals surface area (Å²) in [7, 11) is 0. The zero-order chi connectivity index (χ0) is 15.6. The van der Waals surface area contributed by atoms with Crippen molar-refractivity contribution < 1.29 is 9.59 Å². The van der Waals surface area contributed by atoms with Gasteiger partial charge in [-0.15, -0.1) is 12.4 Å². The second-order valence-electron chi connectivity index (χ2n) is 5.86. The van der Waals surface area contributed by atoms with Crippen molar-refractivity contribution in [3.8, 4) is 0 Å². The number of halogens is 1. The molecule has 1 fully saturated rings. The number of nitrogens with two attached hydrogens (primary N) is 1. The standard InChI is InChI=1S/C16H23N3O2.ClH/c1-10(2)19-9-8-13(16(19)21)18-15(20)14(17)12-6-4-11(3)5-7-12;/h4-7,10,13-14H,8-9,17H2,1-3H3,(H,18,20);1H. The lowest BCUT2D eigenvalue weighted by molar-refractivity contribution is -0.134. The highest BCUT2D eigenvalue weighted by atomic mass is 35.5. The fourth-order valence-electron chi connectivity index (χ4n) is 2.54. The molecule has 22 heavy (non-hydrogen) atoms. The van der Waals surface area contributed by atoms with Crippen LogP contribution in [0, 0.1) is 6.92 Å².